The topological polar surface area (TPSA) is 68.3 Å². The highest BCUT2D eigenvalue weighted by atomic mass is 16.2. The average molecular weight is 257 g/mol. The van der Waals surface area contributed by atoms with Gasteiger partial charge in [-0.25, -0.2) is 0 Å². The fourth-order valence-corrected chi connectivity index (χ4v) is 1.68. The summed E-state index contributed by atoms with van der Waals surface area (Å²) in [6.07, 6.45) is 1.59. The molecule has 2 aromatic rings. The van der Waals surface area contributed by atoms with Gasteiger partial charge in [-0.05, 0) is 30.3 Å². The number of nitrogens with two attached hydrogens (primary N) is 1. The van der Waals surface area contributed by atoms with Crippen molar-refractivity contribution in [3.63, 3.8) is 0 Å². The molecule has 0 bridgehead atoms. The molecule has 5 nitrogen and oxygen atoms in total. The van der Waals surface area contributed by atoms with E-state index < -0.39 is 0 Å². The monoisotopic (exact) mass is 257 g/mol. The predicted octanol–water partition coefficient (Wildman–Crippen LogP) is 1.09. The summed E-state index contributed by atoms with van der Waals surface area (Å²) in [5.74, 6) is -0.168. The number of hydrogen-bond donors (Lipinski definition) is 1. The molecule has 0 spiro atoms. The maximum atomic E-state index is 12.1. The van der Waals surface area contributed by atoms with Crippen molar-refractivity contribution in [1.82, 2.24) is 4.57 Å². The summed E-state index contributed by atoms with van der Waals surface area (Å²) in [6.45, 7) is 0.0144. The van der Waals surface area contributed by atoms with Crippen molar-refractivity contribution >= 4 is 17.3 Å². The van der Waals surface area contributed by atoms with Crippen molar-refractivity contribution in [2.75, 3.05) is 17.7 Å². The van der Waals surface area contributed by atoms with E-state index in [2.05, 4.69) is 0 Å². The molecule has 0 aliphatic carbocycles. The minimum Gasteiger partial charge on any atom is -0.399 e. The van der Waals surface area contributed by atoms with E-state index in [1.165, 1.54) is 15.5 Å². The molecule has 1 amide bonds. The van der Waals surface area contributed by atoms with Gasteiger partial charge in [0.05, 0.1) is 0 Å². The smallest absolute Gasteiger partial charge is 0.250 e. The largest absolute Gasteiger partial charge is 0.399 e. The summed E-state index contributed by atoms with van der Waals surface area (Å²) in [7, 11) is 1.67. The van der Waals surface area contributed by atoms with Crippen LogP contribution in [-0.4, -0.2) is 17.5 Å². The molecule has 2 rings (SSSR count). The molecule has 98 valence electrons. The van der Waals surface area contributed by atoms with Crippen LogP contribution in [-0.2, 0) is 11.3 Å². The molecule has 5 heteroatoms. The van der Waals surface area contributed by atoms with Gasteiger partial charge in [0.1, 0.15) is 6.54 Å². The zero-order chi connectivity index (χ0) is 13.8. The first-order valence-corrected chi connectivity index (χ1v) is 5.85. The van der Waals surface area contributed by atoms with Crippen LogP contribution in [0.1, 0.15) is 0 Å². The van der Waals surface area contributed by atoms with E-state index in [1.54, 1.807) is 49.6 Å². The Morgan fingerprint density at radius 3 is 2.53 bits per heavy atom. The highest BCUT2D eigenvalue weighted by Gasteiger charge is 2.11. The Labute approximate surface area is 110 Å². The van der Waals surface area contributed by atoms with Crippen LogP contribution in [0.5, 0.6) is 0 Å². The Kier molecular flexibility index (Phi) is 3.66. The summed E-state index contributed by atoms with van der Waals surface area (Å²) >= 11 is 0. The van der Waals surface area contributed by atoms with Gasteiger partial charge in [0.15, 0.2) is 0 Å². The van der Waals surface area contributed by atoms with Crippen LogP contribution in [0, 0.1) is 0 Å². The van der Waals surface area contributed by atoms with Gasteiger partial charge in [-0.2, -0.15) is 0 Å². The highest BCUT2D eigenvalue weighted by molar-refractivity contribution is 5.92. The number of nitrogens with zero attached hydrogens (tertiary/aromatic N) is 2. The molecule has 1 heterocycles. The third-order valence-electron chi connectivity index (χ3n) is 2.86. The molecule has 0 radical (unpaired) electrons. The average Bonchev–Trinajstić information content (AvgIpc) is 2.41. The molecule has 0 atom stereocenters. The third-order valence-corrected chi connectivity index (χ3v) is 2.86. The Morgan fingerprint density at radius 1 is 1.21 bits per heavy atom. The maximum Gasteiger partial charge on any atom is 0.250 e. The molecular weight excluding hydrogens is 242 g/mol. The number of anilines is 2. The van der Waals surface area contributed by atoms with Crippen LogP contribution in [0.15, 0.2) is 53.5 Å². The van der Waals surface area contributed by atoms with E-state index in [0.29, 0.717) is 5.69 Å². The fraction of sp³-hybridized carbons (Fsp3) is 0.143. The Morgan fingerprint density at radius 2 is 1.89 bits per heavy atom. The number of hydrogen-bond acceptors (Lipinski definition) is 3. The summed E-state index contributed by atoms with van der Waals surface area (Å²) in [5.41, 5.74) is 6.79. The van der Waals surface area contributed by atoms with Gasteiger partial charge in [-0.15, -0.1) is 0 Å². The van der Waals surface area contributed by atoms with Crippen molar-refractivity contribution in [1.29, 1.82) is 0 Å². The number of nitrogen functional groups attached to an aromatic ring is 1. The van der Waals surface area contributed by atoms with Gasteiger partial charge in [-0.3, -0.25) is 9.59 Å². The molecule has 1 aromatic carbocycles. The zero-order valence-corrected chi connectivity index (χ0v) is 10.6. The van der Waals surface area contributed by atoms with Crippen LogP contribution < -0.4 is 16.2 Å². The zero-order valence-electron chi connectivity index (χ0n) is 10.6. The lowest BCUT2D eigenvalue weighted by atomic mass is 10.2. The van der Waals surface area contributed by atoms with Gasteiger partial charge >= 0.3 is 0 Å². The summed E-state index contributed by atoms with van der Waals surface area (Å²) in [6, 6.07) is 11.8. The van der Waals surface area contributed by atoms with E-state index in [1.807, 2.05) is 0 Å². The number of amides is 1. The first kappa shape index (κ1) is 12.9. The van der Waals surface area contributed by atoms with Gasteiger partial charge in [-0.1, -0.05) is 6.07 Å². The van der Waals surface area contributed by atoms with Crippen molar-refractivity contribution in [3.8, 4) is 0 Å². The molecule has 0 saturated carbocycles. The van der Waals surface area contributed by atoms with E-state index >= 15 is 0 Å². The fourth-order valence-electron chi connectivity index (χ4n) is 1.68. The lowest BCUT2D eigenvalue weighted by molar-refractivity contribution is -0.118. The molecule has 0 unspecified atom stereocenters. The second-order valence-corrected chi connectivity index (χ2v) is 4.21. The summed E-state index contributed by atoms with van der Waals surface area (Å²) in [5, 5.41) is 0. The van der Waals surface area contributed by atoms with Crippen LogP contribution in [0.3, 0.4) is 0 Å². The number of rotatable bonds is 3. The normalized spacial score (nSPS) is 10.2. The number of pyridine rings is 1. The molecule has 19 heavy (non-hydrogen) atoms. The molecular formula is C14H15N3O2. The predicted molar refractivity (Wildman–Crippen MR) is 75.0 cm³/mol. The van der Waals surface area contributed by atoms with Crippen LogP contribution in [0.2, 0.25) is 0 Å². The minimum atomic E-state index is -0.193. The summed E-state index contributed by atoms with van der Waals surface area (Å²) < 4.78 is 1.37. The van der Waals surface area contributed by atoms with Crippen molar-refractivity contribution in [3.05, 3.63) is 59.0 Å². The molecule has 1 aromatic heterocycles. The van der Waals surface area contributed by atoms with E-state index in [0.717, 1.165) is 5.69 Å². The molecule has 0 saturated heterocycles. The van der Waals surface area contributed by atoms with E-state index in [9.17, 15) is 9.59 Å². The van der Waals surface area contributed by atoms with Crippen molar-refractivity contribution in [2.24, 2.45) is 0 Å². The van der Waals surface area contributed by atoms with Crippen LogP contribution in [0.4, 0.5) is 11.4 Å². The lowest BCUT2D eigenvalue weighted by Gasteiger charge is -2.18. The van der Waals surface area contributed by atoms with Gasteiger partial charge < -0.3 is 15.2 Å². The number of carbonyl (C=O) groups is 1. The van der Waals surface area contributed by atoms with E-state index in [-0.39, 0.29) is 18.0 Å². The SMILES string of the molecule is CN(C(=O)Cn1ccccc1=O)c1ccc(N)cc1. The Hall–Kier alpha value is -2.56. The van der Waals surface area contributed by atoms with E-state index in [4.69, 9.17) is 5.73 Å². The first-order valence-electron chi connectivity index (χ1n) is 5.85. The third kappa shape index (κ3) is 3.01. The molecule has 0 aliphatic rings. The quantitative estimate of drug-likeness (QED) is 0.837. The number of likely N-dealkylation sites (N-methyl/N-ethyl adjacent to an activating group) is 1. The van der Waals surface area contributed by atoms with Gasteiger partial charge in [0.25, 0.3) is 5.56 Å². The number of benzene rings is 1. The Bertz CT molecular complexity index is 632. The Balaban J connectivity index is 2.14. The molecule has 0 aliphatic heterocycles. The second-order valence-electron chi connectivity index (χ2n) is 4.21. The van der Waals surface area contributed by atoms with Gasteiger partial charge in [0.2, 0.25) is 5.91 Å². The lowest BCUT2D eigenvalue weighted by Crippen LogP contribution is -2.33. The van der Waals surface area contributed by atoms with Crippen molar-refractivity contribution < 1.29 is 4.79 Å². The standard InChI is InChI=1S/C14H15N3O2/c1-16(12-7-5-11(15)6-8-12)14(19)10-17-9-3-2-4-13(17)18/h2-9H,10,15H2,1H3. The number of aromatic nitrogens is 1. The molecule has 0 fully saturated rings. The number of carbonyl (C=O) groups excluding carboxylic acids is 1. The van der Waals surface area contributed by atoms with Gasteiger partial charge in [0, 0.05) is 30.7 Å². The first-order chi connectivity index (χ1) is 9.08. The maximum absolute atomic E-state index is 12.1. The molecule has 2 N–H and O–H groups in total. The summed E-state index contributed by atoms with van der Waals surface area (Å²) in [4.78, 5) is 25.1. The van der Waals surface area contributed by atoms with Crippen LogP contribution >= 0.6 is 0 Å². The minimum absolute atomic E-state index is 0.0144. The highest BCUT2D eigenvalue weighted by Crippen LogP contribution is 2.15. The van der Waals surface area contributed by atoms with Crippen LogP contribution in [0.25, 0.3) is 0 Å². The second kappa shape index (κ2) is 5.39. The van der Waals surface area contributed by atoms with Crippen molar-refractivity contribution in [2.45, 2.75) is 6.54 Å².